The van der Waals surface area contributed by atoms with Gasteiger partial charge in [0.25, 0.3) is 5.91 Å². The van der Waals surface area contributed by atoms with Gasteiger partial charge in [0, 0.05) is 12.6 Å². The molecule has 8 nitrogen and oxygen atoms in total. The van der Waals surface area contributed by atoms with Gasteiger partial charge >= 0.3 is 6.18 Å². The van der Waals surface area contributed by atoms with Gasteiger partial charge in [-0.3, -0.25) is 4.79 Å². The topological polar surface area (TPSA) is 97.3 Å². The van der Waals surface area contributed by atoms with Crippen LogP contribution in [-0.2, 0) is 0 Å². The monoisotopic (exact) mass is 449 g/mol. The predicted octanol–water partition coefficient (Wildman–Crippen LogP) is 3.57. The van der Waals surface area contributed by atoms with Crippen molar-refractivity contribution in [3.63, 3.8) is 0 Å². The number of para-hydroxylation sites is 1. The van der Waals surface area contributed by atoms with Crippen molar-refractivity contribution in [1.82, 2.24) is 24.9 Å². The van der Waals surface area contributed by atoms with Crippen molar-refractivity contribution < 1.29 is 27.5 Å². The summed E-state index contributed by atoms with van der Waals surface area (Å²) in [5, 5.41) is 17.8. The Morgan fingerprint density at radius 3 is 2.59 bits per heavy atom. The Bertz CT molecular complexity index is 1100. The van der Waals surface area contributed by atoms with Crippen molar-refractivity contribution in [1.29, 1.82) is 0 Å². The molecule has 0 radical (unpaired) electrons. The third kappa shape index (κ3) is 4.12. The fourth-order valence-electron chi connectivity index (χ4n) is 3.93. The van der Waals surface area contributed by atoms with Gasteiger partial charge in [-0.2, -0.15) is 28.2 Å². The molecule has 0 saturated carbocycles. The lowest BCUT2D eigenvalue weighted by Gasteiger charge is -2.37. The average molecular weight is 449 g/mol. The number of aryl methyl sites for hydroxylation is 1. The molecule has 11 heteroatoms. The molecule has 32 heavy (non-hydrogen) atoms. The van der Waals surface area contributed by atoms with Crippen LogP contribution in [0.25, 0.3) is 5.69 Å². The number of likely N-dealkylation sites (tertiary alicyclic amines) is 1. The highest BCUT2D eigenvalue weighted by Gasteiger charge is 2.43. The van der Waals surface area contributed by atoms with Gasteiger partial charge in [0.15, 0.2) is 12.0 Å². The van der Waals surface area contributed by atoms with Crippen LogP contribution in [-0.4, -0.2) is 54.7 Å². The van der Waals surface area contributed by atoms with Crippen LogP contribution >= 0.6 is 0 Å². The number of nitrogens with zero attached hydrogens (tertiary/aromatic N) is 5. The third-order valence-electron chi connectivity index (χ3n) is 5.68. The molecule has 170 valence electrons. The first kappa shape index (κ1) is 22.0. The number of alkyl halides is 3. The Hall–Kier alpha value is -3.21. The molecule has 0 aliphatic carbocycles. The lowest BCUT2D eigenvalue weighted by molar-refractivity contribution is -0.208. The van der Waals surface area contributed by atoms with E-state index in [1.807, 2.05) is 6.92 Å². The van der Waals surface area contributed by atoms with E-state index in [-0.39, 0.29) is 30.1 Å². The number of amides is 1. The van der Waals surface area contributed by atoms with Crippen LogP contribution in [0, 0.1) is 6.92 Å². The first-order valence-electron chi connectivity index (χ1n) is 10.2. The zero-order valence-corrected chi connectivity index (χ0v) is 17.5. The number of benzene rings is 1. The summed E-state index contributed by atoms with van der Waals surface area (Å²) >= 11 is 0. The lowest BCUT2D eigenvalue weighted by Crippen LogP contribution is -2.45. The number of aromatic nitrogens is 4. The molecule has 1 amide bonds. The second kappa shape index (κ2) is 8.38. The van der Waals surface area contributed by atoms with Gasteiger partial charge in [-0.1, -0.05) is 12.1 Å². The highest BCUT2D eigenvalue weighted by atomic mass is 19.4. The van der Waals surface area contributed by atoms with E-state index in [2.05, 4.69) is 15.2 Å². The number of oxazole rings is 1. The predicted molar refractivity (Wildman–Crippen MR) is 106 cm³/mol. The average Bonchev–Trinajstić information content (AvgIpc) is 3.42. The van der Waals surface area contributed by atoms with Gasteiger partial charge in [-0.15, -0.1) is 0 Å². The minimum Gasteiger partial charge on any atom is -0.445 e. The van der Waals surface area contributed by atoms with Crippen LogP contribution in [0.1, 0.15) is 59.5 Å². The van der Waals surface area contributed by atoms with Gasteiger partial charge in [-0.25, -0.2) is 4.98 Å². The second-order valence-electron chi connectivity index (χ2n) is 7.85. The summed E-state index contributed by atoms with van der Waals surface area (Å²) in [5.74, 6) is -0.629. The molecule has 1 aliphatic rings. The summed E-state index contributed by atoms with van der Waals surface area (Å²) in [4.78, 5) is 20.4. The number of carbonyl (C=O) groups excluding carboxylic acids is 1. The van der Waals surface area contributed by atoms with Crippen LogP contribution in [0.15, 0.2) is 41.1 Å². The highest BCUT2D eigenvalue weighted by molar-refractivity contribution is 5.98. The normalized spacial score (nSPS) is 20.4. The molecule has 1 fully saturated rings. The number of piperidine rings is 1. The Morgan fingerprint density at radius 2 is 1.91 bits per heavy atom. The van der Waals surface area contributed by atoms with E-state index in [0.717, 1.165) is 0 Å². The number of aliphatic hydroxyl groups is 1. The maximum Gasteiger partial charge on any atom is 0.420 e. The maximum atomic E-state index is 13.4. The number of rotatable bonds is 4. The van der Waals surface area contributed by atoms with Crippen LogP contribution in [0.4, 0.5) is 13.2 Å². The van der Waals surface area contributed by atoms with E-state index in [4.69, 9.17) is 4.42 Å². The van der Waals surface area contributed by atoms with Gasteiger partial charge in [0.1, 0.15) is 11.5 Å². The third-order valence-corrected chi connectivity index (χ3v) is 5.68. The molecule has 1 aromatic carbocycles. The first-order valence-corrected chi connectivity index (χ1v) is 10.2. The highest BCUT2D eigenvalue weighted by Crippen LogP contribution is 2.37. The summed E-state index contributed by atoms with van der Waals surface area (Å²) in [6.07, 6.45) is -3.32. The molecule has 1 saturated heterocycles. The fraction of sp³-hybridized carbons (Fsp3) is 0.429. The second-order valence-corrected chi connectivity index (χ2v) is 7.85. The zero-order chi connectivity index (χ0) is 23.0. The van der Waals surface area contributed by atoms with Crippen LogP contribution in [0.2, 0.25) is 0 Å². The van der Waals surface area contributed by atoms with E-state index < -0.39 is 23.9 Å². The van der Waals surface area contributed by atoms with Crippen LogP contribution in [0.5, 0.6) is 0 Å². The van der Waals surface area contributed by atoms with Gasteiger partial charge < -0.3 is 14.4 Å². The van der Waals surface area contributed by atoms with E-state index >= 15 is 0 Å². The Kier molecular flexibility index (Phi) is 5.76. The summed E-state index contributed by atoms with van der Waals surface area (Å²) in [6, 6.07) is 6.86. The van der Waals surface area contributed by atoms with Crippen LogP contribution < -0.4 is 0 Å². The Balaban J connectivity index is 1.60. The van der Waals surface area contributed by atoms with Gasteiger partial charge in [0.2, 0.25) is 0 Å². The smallest absolute Gasteiger partial charge is 0.420 e. The molecule has 3 aromatic rings. The number of halogens is 3. The van der Waals surface area contributed by atoms with Crippen molar-refractivity contribution in [2.75, 3.05) is 6.54 Å². The standard InChI is InChI=1S/C21H22F3N5O3/c1-12-7-8-14(19-27-17(13(2)32-19)18(30)21(22,23)24)11-28(12)20(31)15-5-3-4-6-16(15)29-25-9-10-26-29/h3-6,9-10,12,14,18,30H,7-8,11H2,1-2H3/t12-,14-,18-/m1/s1. The molecule has 0 spiro atoms. The van der Waals surface area contributed by atoms with Crippen LogP contribution in [0.3, 0.4) is 0 Å². The number of aliphatic hydroxyl groups excluding tert-OH is 1. The molecular weight excluding hydrogens is 427 g/mol. The minimum absolute atomic E-state index is 0.0866. The Labute approximate surface area is 181 Å². The van der Waals surface area contributed by atoms with Crippen molar-refractivity contribution in [2.24, 2.45) is 0 Å². The largest absolute Gasteiger partial charge is 0.445 e. The maximum absolute atomic E-state index is 13.4. The molecule has 0 bridgehead atoms. The summed E-state index contributed by atoms with van der Waals surface area (Å²) < 4.78 is 44.3. The van der Waals surface area contributed by atoms with E-state index in [1.54, 1.807) is 29.2 Å². The molecule has 0 unspecified atom stereocenters. The Morgan fingerprint density at radius 1 is 1.22 bits per heavy atom. The number of hydrogen-bond donors (Lipinski definition) is 1. The molecule has 1 aliphatic heterocycles. The molecule has 3 atom stereocenters. The molecule has 2 aromatic heterocycles. The molecule has 3 heterocycles. The minimum atomic E-state index is -4.84. The summed E-state index contributed by atoms with van der Waals surface area (Å²) in [7, 11) is 0. The van der Waals surface area contributed by atoms with Gasteiger partial charge in [0.05, 0.1) is 29.6 Å². The fourth-order valence-corrected chi connectivity index (χ4v) is 3.93. The quantitative estimate of drug-likeness (QED) is 0.654. The van der Waals surface area contributed by atoms with Crippen molar-refractivity contribution in [2.45, 2.75) is 50.9 Å². The SMILES string of the molecule is Cc1oc([C@@H]2CC[C@@H](C)N(C(=O)c3ccccc3-n3nccn3)C2)nc1[C@@H](O)C(F)(F)F. The first-order chi connectivity index (χ1) is 15.2. The van der Waals surface area contributed by atoms with E-state index in [9.17, 15) is 23.1 Å². The number of carbonyl (C=O) groups is 1. The summed E-state index contributed by atoms with van der Waals surface area (Å²) in [6.45, 7) is 3.48. The van der Waals surface area contributed by atoms with Crippen molar-refractivity contribution in [3.8, 4) is 5.69 Å². The van der Waals surface area contributed by atoms with E-state index in [1.165, 1.54) is 24.1 Å². The van der Waals surface area contributed by atoms with Crippen molar-refractivity contribution >= 4 is 5.91 Å². The van der Waals surface area contributed by atoms with E-state index in [0.29, 0.717) is 24.1 Å². The van der Waals surface area contributed by atoms with Crippen molar-refractivity contribution in [3.05, 3.63) is 59.6 Å². The zero-order valence-electron chi connectivity index (χ0n) is 17.5. The molecule has 1 N–H and O–H groups in total. The molecular formula is C21H22F3N5O3. The number of hydrogen-bond acceptors (Lipinski definition) is 6. The van der Waals surface area contributed by atoms with Gasteiger partial charge in [-0.05, 0) is 38.8 Å². The lowest BCUT2D eigenvalue weighted by atomic mass is 9.92. The summed E-state index contributed by atoms with van der Waals surface area (Å²) in [5.41, 5.74) is 0.395. The molecule has 4 rings (SSSR count).